The Bertz CT molecular complexity index is 934. The van der Waals surface area contributed by atoms with Gasteiger partial charge in [0, 0.05) is 18.7 Å². The highest BCUT2D eigenvalue weighted by Crippen LogP contribution is 2.34. The molecule has 0 aromatic heterocycles. The number of guanidine groups is 1. The number of hydrogen-bond donors (Lipinski definition) is 3. The normalized spacial score (nSPS) is 14.1. The molecule has 4 N–H and O–H groups in total. The van der Waals surface area contributed by atoms with Crippen molar-refractivity contribution >= 4 is 17.7 Å². The topological polar surface area (TPSA) is 115 Å². The van der Waals surface area contributed by atoms with Crippen LogP contribution in [0.2, 0.25) is 0 Å². The van der Waals surface area contributed by atoms with Crippen LogP contribution in [-0.2, 0) is 11.3 Å². The highest BCUT2D eigenvalue weighted by molar-refractivity contribution is 5.90. The number of hydrogen-bond acceptors (Lipinski definition) is 5. The second-order valence-electron chi connectivity index (χ2n) is 6.83. The quantitative estimate of drug-likeness (QED) is 0.543. The lowest BCUT2D eigenvalue weighted by Gasteiger charge is -2.34. The van der Waals surface area contributed by atoms with Crippen molar-refractivity contribution in [3.8, 4) is 6.07 Å². The molecule has 0 bridgehead atoms. The van der Waals surface area contributed by atoms with E-state index in [1.807, 2.05) is 34.5 Å². The third-order valence-corrected chi connectivity index (χ3v) is 4.99. The molecule has 7 nitrogen and oxygen atoms in total. The summed E-state index contributed by atoms with van der Waals surface area (Å²) in [6.45, 7) is 0.921. The summed E-state index contributed by atoms with van der Waals surface area (Å²) in [5, 5.41) is 18.4. The largest absolute Gasteiger partial charge is 0.444 e. The number of carbonyl (C=O) groups excluding carboxylic acids is 1. The number of ether oxygens (including phenoxy) is 1. The van der Waals surface area contributed by atoms with Gasteiger partial charge in [0.2, 0.25) is 0 Å². The lowest BCUT2D eigenvalue weighted by Crippen LogP contribution is -2.36. The molecule has 1 heterocycles. The van der Waals surface area contributed by atoms with Gasteiger partial charge in [-0.05, 0) is 30.4 Å². The molecule has 1 saturated heterocycles. The van der Waals surface area contributed by atoms with Crippen molar-refractivity contribution in [3.63, 3.8) is 0 Å². The molecule has 3 rings (SSSR count). The zero-order valence-electron chi connectivity index (χ0n) is 15.8. The summed E-state index contributed by atoms with van der Waals surface area (Å²) in [6.07, 6.45) is 0.776. The van der Waals surface area contributed by atoms with Gasteiger partial charge < -0.3 is 15.4 Å². The van der Waals surface area contributed by atoms with E-state index in [1.165, 1.54) is 17.7 Å². The van der Waals surface area contributed by atoms with Crippen LogP contribution in [0.3, 0.4) is 0 Å². The number of halogens is 1. The molecule has 0 saturated carbocycles. The Labute approximate surface area is 168 Å². The lowest BCUT2D eigenvalue weighted by molar-refractivity contribution is 0.143. The third-order valence-electron chi connectivity index (χ3n) is 4.99. The van der Waals surface area contributed by atoms with E-state index in [2.05, 4.69) is 12.1 Å². The summed E-state index contributed by atoms with van der Waals surface area (Å²) >= 11 is 0. The van der Waals surface area contributed by atoms with Gasteiger partial charge in [0.25, 0.3) is 0 Å². The van der Waals surface area contributed by atoms with E-state index in [0.717, 1.165) is 12.8 Å². The maximum Gasteiger partial charge on any atom is 0.414 e. The summed E-state index contributed by atoms with van der Waals surface area (Å²) in [4.78, 5) is 13.4. The van der Waals surface area contributed by atoms with Gasteiger partial charge in [-0.15, -0.1) is 0 Å². The van der Waals surface area contributed by atoms with Crippen molar-refractivity contribution < 1.29 is 13.9 Å². The van der Waals surface area contributed by atoms with Crippen LogP contribution in [0.15, 0.2) is 42.5 Å². The number of anilines is 1. The van der Waals surface area contributed by atoms with Gasteiger partial charge in [0.15, 0.2) is 11.8 Å². The van der Waals surface area contributed by atoms with Crippen molar-refractivity contribution in [2.45, 2.75) is 25.4 Å². The van der Waals surface area contributed by atoms with Crippen LogP contribution in [0, 0.1) is 22.6 Å². The van der Waals surface area contributed by atoms with E-state index in [4.69, 9.17) is 15.9 Å². The molecule has 29 heavy (non-hydrogen) atoms. The second kappa shape index (κ2) is 9.06. The fourth-order valence-corrected chi connectivity index (χ4v) is 3.57. The molecule has 2 aromatic carbocycles. The number of rotatable bonds is 4. The molecule has 0 aliphatic carbocycles. The van der Waals surface area contributed by atoms with E-state index in [9.17, 15) is 10.1 Å². The van der Waals surface area contributed by atoms with E-state index in [-0.39, 0.29) is 23.4 Å². The van der Waals surface area contributed by atoms with Crippen molar-refractivity contribution in [1.29, 1.82) is 10.7 Å². The molecule has 2 aromatic rings. The van der Waals surface area contributed by atoms with Gasteiger partial charge in [-0.3, -0.25) is 10.7 Å². The number of amides is 1. The smallest absolute Gasteiger partial charge is 0.414 e. The van der Waals surface area contributed by atoms with Crippen molar-refractivity contribution in [2.75, 3.05) is 18.0 Å². The molecule has 8 heteroatoms. The van der Waals surface area contributed by atoms with Crippen LogP contribution >= 0.6 is 0 Å². The number of alkyl carbamates (subject to hydrolysis) is 1. The molecule has 0 spiro atoms. The zero-order chi connectivity index (χ0) is 20.8. The van der Waals surface area contributed by atoms with Gasteiger partial charge in [-0.1, -0.05) is 36.4 Å². The fraction of sp³-hybridized carbons (Fsp3) is 0.286. The van der Waals surface area contributed by atoms with Gasteiger partial charge in [0.1, 0.15) is 12.7 Å². The highest BCUT2D eigenvalue weighted by Gasteiger charge is 2.26. The molecule has 0 atom stereocenters. The van der Waals surface area contributed by atoms with Gasteiger partial charge in [-0.2, -0.15) is 5.26 Å². The van der Waals surface area contributed by atoms with Crippen LogP contribution < -0.4 is 16.0 Å². The average molecular weight is 395 g/mol. The van der Waals surface area contributed by atoms with Gasteiger partial charge in [0.05, 0.1) is 11.3 Å². The molecule has 1 amide bonds. The van der Waals surface area contributed by atoms with Crippen molar-refractivity contribution in [2.24, 2.45) is 5.73 Å². The molecule has 0 radical (unpaired) electrons. The number of piperidine rings is 1. The molecule has 1 aliphatic rings. The molecular weight excluding hydrogens is 373 g/mol. The highest BCUT2D eigenvalue weighted by atomic mass is 19.1. The Hall–Kier alpha value is -3.60. The summed E-state index contributed by atoms with van der Waals surface area (Å²) in [5.41, 5.74) is 6.98. The molecule has 150 valence electrons. The predicted octanol–water partition coefficient (Wildman–Crippen LogP) is 3.20. The SMILES string of the molecule is N#Cc1ccc(COC(=O)NC(=N)N)c(F)c1N1CCC(c2ccccc2)CC1. The minimum absolute atomic E-state index is 0.155. The number of benzene rings is 2. The molecule has 1 fully saturated rings. The van der Waals surface area contributed by atoms with Crippen LogP contribution in [-0.4, -0.2) is 25.1 Å². The van der Waals surface area contributed by atoms with Crippen LogP contribution in [0.1, 0.15) is 35.4 Å². The summed E-state index contributed by atoms with van der Waals surface area (Å²) in [7, 11) is 0. The molecular formula is C21H22FN5O2. The maximum atomic E-state index is 15.2. The Morgan fingerprint density at radius 1 is 1.28 bits per heavy atom. The first-order chi connectivity index (χ1) is 14.0. The average Bonchev–Trinajstić information content (AvgIpc) is 2.73. The summed E-state index contributed by atoms with van der Waals surface area (Å²) < 4.78 is 20.1. The van der Waals surface area contributed by atoms with Crippen molar-refractivity contribution in [1.82, 2.24) is 5.32 Å². The number of carbonyl (C=O) groups is 1. The Kier molecular flexibility index (Phi) is 6.29. The third kappa shape index (κ3) is 4.82. The Balaban J connectivity index is 1.74. The first kappa shape index (κ1) is 20.1. The Morgan fingerprint density at radius 2 is 1.97 bits per heavy atom. The molecule has 1 aliphatic heterocycles. The van der Waals surface area contributed by atoms with Crippen molar-refractivity contribution in [3.05, 3.63) is 65.0 Å². The Morgan fingerprint density at radius 3 is 2.59 bits per heavy atom. The number of nitriles is 1. The minimum Gasteiger partial charge on any atom is -0.444 e. The second-order valence-corrected chi connectivity index (χ2v) is 6.83. The predicted molar refractivity (Wildman–Crippen MR) is 107 cm³/mol. The van der Waals surface area contributed by atoms with E-state index in [1.54, 1.807) is 0 Å². The maximum absolute atomic E-state index is 15.2. The lowest BCUT2D eigenvalue weighted by atomic mass is 9.89. The number of nitrogens with one attached hydrogen (secondary N) is 2. The zero-order valence-corrected chi connectivity index (χ0v) is 15.8. The molecule has 0 unspecified atom stereocenters. The fourth-order valence-electron chi connectivity index (χ4n) is 3.57. The van der Waals surface area contributed by atoms with E-state index < -0.39 is 17.9 Å². The van der Waals surface area contributed by atoms with Gasteiger partial charge in [-0.25, -0.2) is 9.18 Å². The standard InChI is InChI=1S/C21H22FN5O2/c22-18-17(13-29-21(28)26-20(24)25)7-6-16(12-23)19(18)27-10-8-15(9-11-27)14-4-2-1-3-5-14/h1-7,15H,8-11,13H2,(H4,24,25,26,28). The first-order valence-corrected chi connectivity index (χ1v) is 9.28. The van der Waals surface area contributed by atoms with E-state index >= 15 is 4.39 Å². The van der Waals surface area contributed by atoms with Crippen LogP contribution in [0.25, 0.3) is 0 Å². The van der Waals surface area contributed by atoms with E-state index in [0.29, 0.717) is 19.0 Å². The van der Waals surface area contributed by atoms with Gasteiger partial charge >= 0.3 is 6.09 Å². The summed E-state index contributed by atoms with van der Waals surface area (Å²) in [6, 6.07) is 15.2. The minimum atomic E-state index is -0.938. The number of nitrogens with zero attached hydrogens (tertiary/aromatic N) is 2. The first-order valence-electron chi connectivity index (χ1n) is 9.28. The van der Waals surface area contributed by atoms with Crippen LogP contribution in [0.4, 0.5) is 14.9 Å². The monoisotopic (exact) mass is 395 g/mol. The summed E-state index contributed by atoms with van der Waals surface area (Å²) in [5.74, 6) is -0.724. The number of nitrogens with two attached hydrogens (primary N) is 1. The van der Waals surface area contributed by atoms with Crippen LogP contribution in [0.5, 0.6) is 0 Å².